The van der Waals surface area contributed by atoms with Gasteiger partial charge < -0.3 is 14.5 Å². The minimum absolute atomic E-state index is 0.173. The van der Waals surface area contributed by atoms with Gasteiger partial charge >= 0.3 is 6.09 Å². The van der Waals surface area contributed by atoms with Crippen LogP contribution in [0, 0.1) is 0 Å². The number of piperazine rings is 1. The molecule has 1 atom stereocenters. The van der Waals surface area contributed by atoms with Crippen LogP contribution in [0.25, 0.3) is 0 Å². The third kappa shape index (κ3) is 5.74. The SMILES string of the molecule is CN1CCN(NC2CCCN(C(=O)OC(C)(C)C)CC2)CC1. The molecule has 1 N–H and O–H groups in total. The third-order valence-corrected chi connectivity index (χ3v) is 4.25. The second-order valence-electron chi connectivity index (χ2n) is 7.51. The molecule has 22 heavy (non-hydrogen) atoms. The predicted molar refractivity (Wildman–Crippen MR) is 87.7 cm³/mol. The Morgan fingerprint density at radius 1 is 1.05 bits per heavy atom. The van der Waals surface area contributed by atoms with E-state index in [1.54, 1.807) is 0 Å². The Kier molecular flexibility index (Phi) is 6.06. The second kappa shape index (κ2) is 7.62. The average Bonchev–Trinajstić information content (AvgIpc) is 2.65. The van der Waals surface area contributed by atoms with Crippen molar-refractivity contribution in [2.75, 3.05) is 46.3 Å². The Morgan fingerprint density at radius 3 is 2.36 bits per heavy atom. The van der Waals surface area contributed by atoms with Crippen LogP contribution >= 0.6 is 0 Å². The minimum atomic E-state index is -0.416. The molecule has 0 radical (unpaired) electrons. The summed E-state index contributed by atoms with van der Waals surface area (Å²) >= 11 is 0. The Morgan fingerprint density at radius 2 is 1.73 bits per heavy atom. The number of rotatable bonds is 2. The normalized spacial score (nSPS) is 25.8. The van der Waals surface area contributed by atoms with Gasteiger partial charge in [-0.25, -0.2) is 9.80 Å². The van der Waals surface area contributed by atoms with Crippen LogP contribution in [0.5, 0.6) is 0 Å². The van der Waals surface area contributed by atoms with Crippen molar-refractivity contribution in [2.24, 2.45) is 0 Å². The molecule has 1 unspecified atom stereocenters. The maximum atomic E-state index is 12.2. The van der Waals surface area contributed by atoms with Gasteiger partial charge in [-0.2, -0.15) is 0 Å². The number of hydrazine groups is 1. The topological polar surface area (TPSA) is 48.0 Å². The second-order valence-corrected chi connectivity index (χ2v) is 7.51. The van der Waals surface area contributed by atoms with Crippen molar-refractivity contribution in [1.29, 1.82) is 0 Å². The Balaban J connectivity index is 1.76. The third-order valence-electron chi connectivity index (χ3n) is 4.25. The summed E-state index contributed by atoms with van der Waals surface area (Å²) in [5, 5.41) is 2.34. The zero-order valence-corrected chi connectivity index (χ0v) is 14.6. The van der Waals surface area contributed by atoms with Crippen molar-refractivity contribution in [3.63, 3.8) is 0 Å². The van der Waals surface area contributed by atoms with E-state index < -0.39 is 5.60 Å². The first-order valence-corrected chi connectivity index (χ1v) is 8.51. The van der Waals surface area contributed by atoms with Crippen LogP contribution in [0.3, 0.4) is 0 Å². The predicted octanol–water partition coefficient (Wildman–Crippen LogP) is 1.53. The van der Waals surface area contributed by atoms with E-state index in [1.165, 1.54) is 0 Å². The number of amides is 1. The largest absolute Gasteiger partial charge is 0.444 e. The molecule has 2 aliphatic heterocycles. The maximum absolute atomic E-state index is 12.2. The first kappa shape index (κ1) is 17.5. The first-order chi connectivity index (χ1) is 10.3. The van der Waals surface area contributed by atoms with E-state index in [2.05, 4.69) is 22.4 Å². The Bertz CT molecular complexity index is 362. The number of hydrogen-bond acceptors (Lipinski definition) is 5. The van der Waals surface area contributed by atoms with Gasteiger partial charge in [0.15, 0.2) is 0 Å². The first-order valence-electron chi connectivity index (χ1n) is 8.51. The fourth-order valence-corrected chi connectivity index (χ4v) is 2.93. The van der Waals surface area contributed by atoms with Crippen LogP contribution in [-0.2, 0) is 4.74 Å². The van der Waals surface area contributed by atoms with Gasteiger partial charge in [-0.15, -0.1) is 0 Å². The number of hydrogen-bond donors (Lipinski definition) is 1. The highest BCUT2D eigenvalue weighted by molar-refractivity contribution is 5.68. The lowest BCUT2D eigenvalue weighted by Crippen LogP contribution is -2.53. The lowest BCUT2D eigenvalue weighted by atomic mass is 10.1. The van der Waals surface area contributed by atoms with E-state index in [9.17, 15) is 4.79 Å². The van der Waals surface area contributed by atoms with Gasteiger partial charge in [-0.05, 0) is 47.1 Å². The molecule has 0 aromatic carbocycles. The monoisotopic (exact) mass is 312 g/mol. The van der Waals surface area contributed by atoms with E-state index in [-0.39, 0.29) is 6.09 Å². The molecule has 0 aliphatic carbocycles. The summed E-state index contributed by atoms with van der Waals surface area (Å²) in [5.74, 6) is 0. The van der Waals surface area contributed by atoms with Crippen LogP contribution < -0.4 is 5.43 Å². The fourth-order valence-electron chi connectivity index (χ4n) is 2.93. The van der Waals surface area contributed by atoms with Crippen molar-refractivity contribution >= 4 is 6.09 Å². The average molecular weight is 312 g/mol. The highest BCUT2D eigenvalue weighted by Crippen LogP contribution is 2.16. The molecular weight excluding hydrogens is 280 g/mol. The van der Waals surface area contributed by atoms with E-state index in [4.69, 9.17) is 4.74 Å². The number of carbonyl (C=O) groups is 1. The van der Waals surface area contributed by atoms with Gasteiger partial charge in [-0.1, -0.05) is 0 Å². The molecule has 0 bridgehead atoms. The molecule has 0 aromatic rings. The Hall–Kier alpha value is -0.850. The molecule has 0 saturated carbocycles. The molecule has 1 amide bonds. The molecular formula is C16H32N4O2. The van der Waals surface area contributed by atoms with Gasteiger partial charge in [0.05, 0.1) is 0 Å². The summed E-state index contributed by atoms with van der Waals surface area (Å²) in [4.78, 5) is 16.4. The smallest absolute Gasteiger partial charge is 0.410 e. The molecule has 2 rings (SSSR count). The summed E-state index contributed by atoms with van der Waals surface area (Å²) in [6.07, 6.45) is 2.97. The minimum Gasteiger partial charge on any atom is -0.444 e. The number of likely N-dealkylation sites (N-methyl/N-ethyl adjacent to an activating group) is 1. The van der Waals surface area contributed by atoms with Crippen LogP contribution in [0.2, 0.25) is 0 Å². The van der Waals surface area contributed by atoms with E-state index in [1.807, 2.05) is 25.7 Å². The van der Waals surface area contributed by atoms with E-state index in [0.717, 1.165) is 58.5 Å². The Labute approximate surface area is 134 Å². The van der Waals surface area contributed by atoms with E-state index in [0.29, 0.717) is 6.04 Å². The van der Waals surface area contributed by atoms with Crippen LogP contribution in [0.15, 0.2) is 0 Å². The van der Waals surface area contributed by atoms with Gasteiger partial charge in [0.1, 0.15) is 5.60 Å². The van der Waals surface area contributed by atoms with Crippen LogP contribution in [0.1, 0.15) is 40.0 Å². The molecule has 2 heterocycles. The molecule has 2 aliphatic rings. The molecule has 2 fully saturated rings. The van der Waals surface area contributed by atoms with Crippen LogP contribution in [-0.4, -0.2) is 78.9 Å². The van der Waals surface area contributed by atoms with Gasteiger partial charge in [0.25, 0.3) is 0 Å². The number of carbonyl (C=O) groups excluding carboxylic acids is 1. The highest BCUT2D eigenvalue weighted by atomic mass is 16.6. The van der Waals surface area contributed by atoms with Gasteiger partial charge in [0.2, 0.25) is 0 Å². The van der Waals surface area contributed by atoms with Gasteiger partial charge in [0, 0.05) is 45.3 Å². The molecule has 2 saturated heterocycles. The molecule has 0 spiro atoms. The zero-order chi connectivity index (χ0) is 16.2. The molecule has 6 nitrogen and oxygen atoms in total. The quantitative estimate of drug-likeness (QED) is 0.838. The summed E-state index contributed by atoms with van der Waals surface area (Å²) in [6, 6.07) is 0.468. The van der Waals surface area contributed by atoms with Gasteiger partial charge in [-0.3, -0.25) is 5.43 Å². The van der Waals surface area contributed by atoms with Crippen molar-refractivity contribution < 1.29 is 9.53 Å². The van der Waals surface area contributed by atoms with Crippen molar-refractivity contribution in [1.82, 2.24) is 20.2 Å². The summed E-state index contributed by atoms with van der Waals surface area (Å²) in [6.45, 7) is 11.7. The van der Waals surface area contributed by atoms with E-state index >= 15 is 0 Å². The summed E-state index contributed by atoms with van der Waals surface area (Å²) in [5.41, 5.74) is 3.24. The molecule has 6 heteroatoms. The molecule has 128 valence electrons. The highest BCUT2D eigenvalue weighted by Gasteiger charge is 2.26. The lowest BCUT2D eigenvalue weighted by molar-refractivity contribution is 0.0252. The van der Waals surface area contributed by atoms with Crippen molar-refractivity contribution in [3.8, 4) is 0 Å². The summed E-state index contributed by atoms with van der Waals surface area (Å²) < 4.78 is 5.48. The number of ether oxygens (including phenoxy) is 1. The standard InChI is InChI=1S/C16H32N4O2/c1-16(2,3)22-15(21)19-8-5-6-14(7-9-19)17-20-12-10-18(4)11-13-20/h14,17H,5-13H2,1-4H3. The number of nitrogens with one attached hydrogen (secondary N) is 1. The lowest BCUT2D eigenvalue weighted by Gasteiger charge is -2.35. The number of nitrogens with zero attached hydrogens (tertiary/aromatic N) is 3. The number of likely N-dealkylation sites (tertiary alicyclic amines) is 1. The van der Waals surface area contributed by atoms with Crippen LogP contribution in [0.4, 0.5) is 4.79 Å². The van der Waals surface area contributed by atoms with Crippen molar-refractivity contribution in [3.05, 3.63) is 0 Å². The zero-order valence-electron chi connectivity index (χ0n) is 14.6. The van der Waals surface area contributed by atoms with Crippen molar-refractivity contribution in [2.45, 2.75) is 51.7 Å². The molecule has 0 aromatic heterocycles. The fraction of sp³-hybridized carbons (Fsp3) is 0.938. The summed E-state index contributed by atoms with van der Waals surface area (Å²) in [7, 11) is 2.17. The maximum Gasteiger partial charge on any atom is 0.410 e.